The average Bonchev–Trinajstić information content (AvgIpc) is 2.93. The Morgan fingerprint density at radius 3 is 2.86 bits per heavy atom. The van der Waals surface area contributed by atoms with Crippen molar-refractivity contribution in [2.75, 3.05) is 19.7 Å². The van der Waals surface area contributed by atoms with Gasteiger partial charge in [0, 0.05) is 12.6 Å². The minimum atomic E-state index is -0.0125. The zero-order valence-electron chi connectivity index (χ0n) is 12.6. The summed E-state index contributed by atoms with van der Waals surface area (Å²) in [7, 11) is 0. The molecule has 2 fully saturated rings. The average molecular weight is 288 g/mol. The molecule has 1 saturated heterocycles. The first kappa shape index (κ1) is 14.5. The topological polar surface area (TPSA) is 55.6 Å². The number of nitrogens with two attached hydrogens (primary N) is 1. The molecule has 1 aromatic rings. The third-order valence-electron chi connectivity index (χ3n) is 4.80. The number of nitrogens with zero attached hydrogens (tertiary/aromatic N) is 1. The Bertz CT molecular complexity index is 517. The number of hydrogen-bond acceptors (Lipinski definition) is 3. The minimum absolute atomic E-state index is 0.0125. The Balaban J connectivity index is 1.71. The van der Waals surface area contributed by atoms with Crippen molar-refractivity contribution < 1.29 is 9.53 Å². The highest BCUT2D eigenvalue weighted by Gasteiger charge is 2.35. The number of morpholine rings is 1. The fraction of sp³-hybridized carbons (Fsp3) is 0.588. The van der Waals surface area contributed by atoms with E-state index in [2.05, 4.69) is 19.1 Å². The molecule has 21 heavy (non-hydrogen) atoms. The van der Waals surface area contributed by atoms with E-state index in [1.165, 1.54) is 11.1 Å². The molecule has 4 heteroatoms. The van der Waals surface area contributed by atoms with Gasteiger partial charge < -0.3 is 15.4 Å². The fourth-order valence-electron chi connectivity index (χ4n) is 3.52. The molecule has 1 saturated carbocycles. The Morgan fingerprint density at radius 2 is 2.14 bits per heavy atom. The van der Waals surface area contributed by atoms with Crippen LogP contribution < -0.4 is 5.73 Å². The number of amides is 1. The van der Waals surface area contributed by atoms with Crippen LogP contribution in [0.25, 0.3) is 0 Å². The molecular weight excluding hydrogens is 264 g/mol. The van der Waals surface area contributed by atoms with Crippen molar-refractivity contribution in [3.8, 4) is 0 Å². The molecule has 4 nitrogen and oxygen atoms in total. The second kappa shape index (κ2) is 6.16. The summed E-state index contributed by atoms with van der Waals surface area (Å²) in [6.07, 6.45) is 2.97. The largest absolute Gasteiger partial charge is 0.370 e. The first-order valence-corrected chi connectivity index (χ1v) is 7.88. The Kier molecular flexibility index (Phi) is 4.27. The van der Waals surface area contributed by atoms with E-state index in [1.54, 1.807) is 0 Å². The summed E-state index contributed by atoms with van der Waals surface area (Å²) in [6, 6.07) is 8.28. The lowest BCUT2D eigenvalue weighted by molar-refractivity contribution is -0.143. The number of benzene rings is 1. The Labute approximate surface area is 126 Å². The van der Waals surface area contributed by atoms with Gasteiger partial charge in [0.15, 0.2) is 0 Å². The first-order valence-electron chi connectivity index (χ1n) is 7.88. The molecule has 0 aromatic heterocycles. The Morgan fingerprint density at radius 1 is 1.33 bits per heavy atom. The standard InChI is InChI=1S/C17H24N2O2/c1-12-5-2-3-6-13(12)16-11-19(9-10-21-16)17(20)14-7-4-8-15(14)18/h2-3,5-6,14-16H,4,7-11,18H2,1H3/t14-,15+,16-/m0/s1. The second-order valence-electron chi connectivity index (χ2n) is 6.20. The zero-order valence-corrected chi connectivity index (χ0v) is 12.6. The Hall–Kier alpha value is -1.39. The molecule has 1 aliphatic heterocycles. The number of hydrogen-bond donors (Lipinski definition) is 1. The van der Waals surface area contributed by atoms with Crippen LogP contribution in [0.5, 0.6) is 0 Å². The van der Waals surface area contributed by atoms with Crippen LogP contribution >= 0.6 is 0 Å². The third kappa shape index (κ3) is 2.97. The van der Waals surface area contributed by atoms with Crippen molar-refractivity contribution in [1.82, 2.24) is 4.90 Å². The van der Waals surface area contributed by atoms with Gasteiger partial charge in [-0.25, -0.2) is 0 Å². The van der Waals surface area contributed by atoms with Gasteiger partial charge in [-0.3, -0.25) is 4.79 Å². The fourth-order valence-corrected chi connectivity index (χ4v) is 3.52. The SMILES string of the molecule is Cc1ccccc1[C@@H]1CN(C(=O)[C@H]2CCC[C@H]2N)CCO1. The molecule has 0 unspecified atom stereocenters. The van der Waals surface area contributed by atoms with Crippen molar-refractivity contribution >= 4 is 5.91 Å². The van der Waals surface area contributed by atoms with E-state index in [9.17, 15) is 4.79 Å². The van der Waals surface area contributed by atoms with Crippen LogP contribution in [0.2, 0.25) is 0 Å². The lowest BCUT2D eigenvalue weighted by atomic mass is 9.99. The smallest absolute Gasteiger partial charge is 0.227 e. The second-order valence-corrected chi connectivity index (χ2v) is 6.20. The summed E-state index contributed by atoms with van der Waals surface area (Å²) >= 11 is 0. The van der Waals surface area contributed by atoms with E-state index in [0.29, 0.717) is 19.7 Å². The molecule has 0 spiro atoms. The lowest BCUT2D eigenvalue weighted by Gasteiger charge is -2.35. The van der Waals surface area contributed by atoms with Gasteiger partial charge in [0.2, 0.25) is 5.91 Å². The van der Waals surface area contributed by atoms with E-state index in [4.69, 9.17) is 10.5 Å². The highest BCUT2D eigenvalue weighted by molar-refractivity contribution is 5.80. The predicted octanol–water partition coefficient (Wildman–Crippen LogP) is 2.02. The zero-order chi connectivity index (χ0) is 14.8. The number of carbonyl (C=O) groups excluding carboxylic acids is 1. The minimum Gasteiger partial charge on any atom is -0.370 e. The molecule has 1 aromatic carbocycles. The van der Waals surface area contributed by atoms with Gasteiger partial charge in [-0.2, -0.15) is 0 Å². The molecule has 2 aliphatic rings. The first-order chi connectivity index (χ1) is 10.2. The maximum absolute atomic E-state index is 12.7. The van der Waals surface area contributed by atoms with Gasteiger partial charge in [0.25, 0.3) is 0 Å². The van der Waals surface area contributed by atoms with Crippen LogP contribution in [0.15, 0.2) is 24.3 Å². The van der Waals surface area contributed by atoms with Gasteiger partial charge in [-0.05, 0) is 30.9 Å². The van der Waals surface area contributed by atoms with Crippen LogP contribution in [0.3, 0.4) is 0 Å². The predicted molar refractivity (Wildman–Crippen MR) is 81.8 cm³/mol. The number of carbonyl (C=O) groups is 1. The van der Waals surface area contributed by atoms with E-state index in [-0.39, 0.29) is 24.0 Å². The van der Waals surface area contributed by atoms with E-state index in [0.717, 1.165) is 19.3 Å². The highest BCUT2D eigenvalue weighted by Crippen LogP contribution is 2.29. The van der Waals surface area contributed by atoms with Gasteiger partial charge in [0.1, 0.15) is 6.10 Å². The maximum Gasteiger partial charge on any atom is 0.227 e. The van der Waals surface area contributed by atoms with Gasteiger partial charge in [-0.15, -0.1) is 0 Å². The van der Waals surface area contributed by atoms with Crippen LogP contribution in [-0.4, -0.2) is 36.5 Å². The van der Waals surface area contributed by atoms with Gasteiger partial charge in [-0.1, -0.05) is 30.7 Å². The van der Waals surface area contributed by atoms with Gasteiger partial charge in [0.05, 0.1) is 19.1 Å². The summed E-state index contributed by atoms with van der Waals surface area (Å²) in [5.41, 5.74) is 8.48. The van der Waals surface area contributed by atoms with Crippen LogP contribution in [-0.2, 0) is 9.53 Å². The molecule has 0 radical (unpaired) electrons. The van der Waals surface area contributed by atoms with E-state index < -0.39 is 0 Å². The van der Waals surface area contributed by atoms with Crippen molar-refractivity contribution in [3.05, 3.63) is 35.4 Å². The number of ether oxygens (including phenoxy) is 1. The summed E-state index contributed by atoms with van der Waals surface area (Å²) in [5, 5.41) is 0. The summed E-state index contributed by atoms with van der Waals surface area (Å²) < 4.78 is 5.89. The van der Waals surface area contributed by atoms with E-state index >= 15 is 0 Å². The number of rotatable bonds is 2. The normalized spacial score (nSPS) is 29.6. The molecule has 1 aliphatic carbocycles. The molecule has 1 amide bonds. The lowest BCUT2D eigenvalue weighted by Crippen LogP contribution is -2.47. The molecule has 3 rings (SSSR count). The van der Waals surface area contributed by atoms with Crippen LogP contribution in [0, 0.1) is 12.8 Å². The highest BCUT2D eigenvalue weighted by atomic mass is 16.5. The summed E-state index contributed by atoms with van der Waals surface area (Å²) in [5.74, 6) is 0.238. The molecule has 1 heterocycles. The van der Waals surface area contributed by atoms with Crippen molar-refractivity contribution in [3.63, 3.8) is 0 Å². The van der Waals surface area contributed by atoms with Crippen molar-refractivity contribution in [2.45, 2.75) is 38.3 Å². The molecular formula is C17H24N2O2. The van der Waals surface area contributed by atoms with Crippen molar-refractivity contribution in [1.29, 1.82) is 0 Å². The van der Waals surface area contributed by atoms with E-state index in [1.807, 2.05) is 17.0 Å². The maximum atomic E-state index is 12.7. The third-order valence-corrected chi connectivity index (χ3v) is 4.80. The van der Waals surface area contributed by atoms with Gasteiger partial charge >= 0.3 is 0 Å². The monoisotopic (exact) mass is 288 g/mol. The molecule has 3 atom stereocenters. The quantitative estimate of drug-likeness (QED) is 0.906. The number of aryl methyl sites for hydroxylation is 1. The summed E-state index contributed by atoms with van der Waals surface area (Å²) in [4.78, 5) is 14.6. The van der Waals surface area contributed by atoms with Crippen molar-refractivity contribution in [2.24, 2.45) is 11.7 Å². The van der Waals surface area contributed by atoms with Crippen LogP contribution in [0.4, 0.5) is 0 Å². The molecule has 2 N–H and O–H groups in total. The molecule has 0 bridgehead atoms. The molecule has 114 valence electrons. The summed E-state index contributed by atoms with van der Waals surface area (Å²) in [6.45, 7) is 4.02. The van der Waals surface area contributed by atoms with Crippen LogP contribution in [0.1, 0.15) is 36.5 Å².